The van der Waals surface area contributed by atoms with Gasteiger partial charge in [0.05, 0.1) is 31.0 Å². The molecule has 1 amide bonds. The van der Waals surface area contributed by atoms with Crippen molar-refractivity contribution in [3.63, 3.8) is 0 Å². The van der Waals surface area contributed by atoms with Crippen LogP contribution in [0.25, 0.3) is 10.9 Å². The molecule has 182 valence electrons. The first kappa shape index (κ1) is 24.5. The Morgan fingerprint density at radius 1 is 1.11 bits per heavy atom. The van der Waals surface area contributed by atoms with Gasteiger partial charge < -0.3 is 14.6 Å². The highest BCUT2D eigenvalue weighted by Gasteiger charge is 2.34. The lowest BCUT2D eigenvalue weighted by Crippen LogP contribution is -2.27. The zero-order chi connectivity index (χ0) is 24.9. The third kappa shape index (κ3) is 5.54. The van der Waals surface area contributed by atoms with Gasteiger partial charge in [-0.05, 0) is 67.4 Å². The molecular weight excluding hydrogens is 470 g/mol. The van der Waals surface area contributed by atoms with Crippen LogP contribution in [0.2, 0.25) is 5.15 Å². The molecule has 0 saturated carbocycles. The molecule has 0 fully saturated rings. The van der Waals surface area contributed by atoms with Crippen LogP contribution in [0, 0.1) is 0 Å². The van der Waals surface area contributed by atoms with E-state index in [4.69, 9.17) is 26.2 Å². The second-order valence-electron chi connectivity index (χ2n) is 8.14. The summed E-state index contributed by atoms with van der Waals surface area (Å²) < 4.78 is 10.9. The summed E-state index contributed by atoms with van der Waals surface area (Å²) in [4.78, 5) is 28.6. The van der Waals surface area contributed by atoms with E-state index in [1.54, 1.807) is 7.11 Å². The number of rotatable bonds is 9. The lowest BCUT2D eigenvalue weighted by atomic mass is 9.98. The number of carboxylic acid groups (broad SMARTS) is 1. The molecule has 0 unspecified atom stereocenters. The number of aliphatic carboxylic acids is 1. The van der Waals surface area contributed by atoms with Gasteiger partial charge in [-0.3, -0.25) is 9.59 Å². The van der Waals surface area contributed by atoms with Gasteiger partial charge in [-0.1, -0.05) is 11.6 Å². The first-order valence-corrected chi connectivity index (χ1v) is 11.8. The smallest absolute Gasteiger partial charge is 0.303 e. The number of halogens is 1. The number of benzene rings is 2. The minimum atomic E-state index is -0.940. The largest absolute Gasteiger partial charge is 0.497 e. The molecule has 1 aliphatic rings. The summed E-state index contributed by atoms with van der Waals surface area (Å²) in [6, 6.07) is 14.5. The van der Waals surface area contributed by atoms with Crippen molar-refractivity contribution in [2.24, 2.45) is 5.10 Å². The monoisotopic (exact) mass is 495 g/mol. The van der Waals surface area contributed by atoms with Crippen molar-refractivity contribution in [3.8, 4) is 11.5 Å². The highest BCUT2D eigenvalue weighted by Crippen LogP contribution is 2.38. The Bertz CT molecular complexity index is 1280. The Hall–Kier alpha value is -3.65. The van der Waals surface area contributed by atoms with Crippen molar-refractivity contribution in [1.29, 1.82) is 0 Å². The lowest BCUT2D eigenvalue weighted by molar-refractivity contribution is -0.137. The van der Waals surface area contributed by atoms with Gasteiger partial charge in [-0.15, -0.1) is 0 Å². The van der Waals surface area contributed by atoms with Crippen molar-refractivity contribution in [3.05, 3.63) is 64.8 Å². The van der Waals surface area contributed by atoms with Crippen LogP contribution in [-0.4, -0.2) is 46.4 Å². The number of ether oxygens (including phenoxy) is 2. The molecule has 1 N–H and O–H groups in total. The van der Waals surface area contributed by atoms with Gasteiger partial charge >= 0.3 is 5.97 Å². The molecule has 1 atom stereocenters. The highest BCUT2D eigenvalue weighted by molar-refractivity contribution is 6.30. The fourth-order valence-corrected chi connectivity index (χ4v) is 4.35. The van der Waals surface area contributed by atoms with E-state index in [9.17, 15) is 9.59 Å². The van der Waals surface area contributed by atoms with Crippen molar-refractivity contribution < 1.29 is 24.2 Å². The normalized spacial score (nSPS) is 15.2. The molecule has 3 aromatic rings. The zero-order valence-electron chi connectivity index (χ0n) is 19.5. The maximum absolute atomic E-state index is 13.1. The molecule has 4 rings (SSSR count). The standard InChI is InChI=1S/C26H26ClN3O5/c1-3-35-19-11-12-21-17(13-19)14-20(26(27)28-21)23-15-22(16-7-9-18(34-2)10-8-16)29-30(23)24(31)5-4-6-25(32)33/h7-14,23H,3-6,15H2,1-2H3,(H,32,33)/t23-/m1/s1. The Kier molecular flexibility index (Phi) is 7.51. The van der Waals surface area contributed by atoms with E-state index in [2.05, 4.69) is 10.1 Å². The Morgan fingerprint density at radius 2 is 1.86 bits per heavy atom. The van der Waals surface area contributed by atoms with Crippen molar-refractivity contribution in [2.45, 2.75) is 38.6 Å². The number of carboxylic acids is 1. The fourth-order valence-electron chi connectivity index (χ4n) is 4.08. The summed E-state index contributed by atoms with van der Waals surface area (Å²) in [5.41, 5.74) is 2.98. The van der Waals surface area contributed by atoms with Gasteiger partial charge in [0, 0.05) is 30.2 Å². The molecule has 35 heavy (non-hydrogen) atoms. The number of hydrogen-bond acceptors (Lipinski definition) is 6. The van der Waals surface area contributed by atoms with Gasteiger partial charge in [0.15, 0.2) is 0 Å². The van der Waals surface area contributed by atoms with Crippen LogP contribution in [0.4, 0.5) is 0 Å². The van der Waals surface area contributed by atoms with E-state index in [0.717, 1.165) is 33.7 Å². The van der Waals surface area contributed by atoms with Crippen LogP contribution < -0.4 is 9.47 Å². The van der Waals surface area contributed by atoms with Gasteiger partial charge in [0.2, 0.25) is 5.91 Å². The summed E-state index contributed by atoms with van der Waals surface area (Å²) in [5, 5.41) is 16.1. The van der Waals surface area contributed by atoms with E-state index < -0.39 is 12.0 Å². The van der Waals surface area contributed by atoms with Crippen LogP contribution >= 0.6 is 11.6 Å². The van der Waals surface area contributed by atoms with Crippen LogP contribution in [-0.2, 0) is 9.59 Å². The van der Waals surface area contributed by atoms with Crippen LogP contribution in [0.5, 0.6) is 11.5 Å². The summed E-state index contributed by atoms with van der Waals surface area (Å²) >= 11 is 6.61. The number of fused-ring (bicyclic) bond motifs is 1. The molecule has 2 aromatic carbocycles. The molecule has 0 radical (unpaired) electrons. The molecule has 2 heterocycles. The van der Waals surface area contributed by atoms with Gasteiger partial charge in [-0.25, -0.2) is 9.99 Å². The number of hydrazone groups is 1. The third-order valence-electron chi connectivity index (χ3n) is 5.81. The molecule has 0 saturated heterocycles. The average molecular weight is 496 g/mol. The Labute approximate surface area is 208 Å². The lowest BCUT2D eigenvalue weighted by Gasteiger charge is -2.23. The maximum atomic E-state index is 13.1. The molecule has 8 nitrogen and oxygen atoms in total. The van der Waals surface area contributed by atoms with Crippen LogP contribution in [0.3, 0.4) is 0 Å². The molecular formula is C26H26ClN3O5. The number of pyridine rings is 1. The number of amides is 1. The molecule has 0 aliphatic carbocycles. The summed E-state index contributed by atoms with van der Waals surface area (Å²) in [7, 11) is 1.60. The van der Waals surface area contributed by atoms with E-state index in [1.807, 2.05) is 55.5 Å². The topological polar surface area (TPSA) is 101 Å². The van der Waals surface area contributed by atoms with E-state index in [-0.39, 0.29) is 25.2 Å². The number of methoxy groups -OCH3 is 1. The highest BCUT2D eigenvalue weighted by atomic mass is 35.5. The number of hydrogen-bond donors (Lipinski definition) is 1. The second-order valence-corrected chi connectivity index (χ2v) is 8.49. The van der Waals surface area contributed by atoms with E-state index in [1.165, 1.54) is 5.01 Å². The second kappa shape index (κ2) is 10.7. The minimum absolute atomic E-state index is 0.0648. The van der Waals surface area contributed by atoms with Crippen molar-refractivity contribution >= 4 is 40.1 Å². The van der Waals surface area contributed by atoms with Crippen LogP contribution in [0.15, 0.2) is 53.6 Å². The quantitative estimate of drug-likeness (QED) is 0.408. The maximum Gasteiger partial charge on any atom is 0.303 e. The summed E-state index contributed by atoms with van der Waals surface area (Å²) in [6.07, 6.45) is 0.647. The summed E-state index contributed by atoms with van der Waals surface area (Å²) in [6.45, 7) is 2.46. The number of aromatic nitrogens is 1. The average Bonchev–Trinajstić information content (AvgIpc) is 3.29. The predicted octanol–water partition coefficient (Wildman–Crippen LogP) is 5.23. The van der Waals surface area contributed by atoms with E-state index >= 15 is 0 Å². The van der Waals surface area contributed by atoms with Gasteiger partial charge in [0.1, 0.15) is 16.7 Å². The molecule has 1 aliphatic heterocycles. The van der Waals surface area contributed by atoms with Gasteiger partial charge in [-0.2, -0.15) is 5.10 Å². The Morgan fingerprint density at radius 3 is 2.54 bits per heavy atom. The van der Waals surface area contributed by atoms with Crippen LogP contribution in [0.1, 0.15) is 49.8 Å². The SMILES string of the molecule is CCOc1ccc2nc(Cl)c([C@H]3CC(c4ccc(OC)cc4)=NN3C(=O)CCCC(=O)O)cc2c1. The molecule has 1 aromatic heterocycles. The third-order valence-corrected chi connectivity index (χ3v) is 6.11. The number of carbonyl (C=O) groups excluding carboxylic acids is 1. The zero-order valence-corrected chi connectivity index (χ0v) is 20.3. The van der Waals surface area contributed by atoms with E-state index in [0.29, 0.717) is 23.7 Å². The first-order valence-electron chi connectivity index (χ1n) is 11.4. The first-order chi connectivity index (χ1) is 16.9. The van der Waals surface area contributed by atoms with Crippen molar-refractivity contribution in [1.82, 2.24) is 9.99 Å². The number of carbonyl (C=O) groups is 2. The molecule has 0 spiro atoms. The number of nitrogens with zero attached hydrogens (tertiary/aromatic N) is 3. The van der Waals surface area contributed by atoms with Gasteiger partial charge in [0.25, 0.3) is 0 Å². The summed E-state index contributed by atoms with van der Waals surface area (Å²) in [5.74, 6) is 0.236. The minimum Gasteiger partial charge on any atom is -0.497 e. The molecule has 0 bridgehead atoms. The molecule has 9 heteroatoms. The fraction of sp³-hybridized carbons (Fsp3) is 0.308. The Balaban J connectivity index is 1.70. The van der Waals surface area contributed by atoms with Crippen molar-refractivity contribution in [2.75, 3.05) is 13.7 Å². The predicted molar refractivity (Wildman–Crippen MR) is 133 cm³/mol.